The number of aromatic nitrogens is 2. The van der Waals surface area contributed by atoms with Crippen molar-refractivity contribution in [2.45, 2.75) is 0 Å². The third-order valence-electron chi connectivity index (χ3n) is 5.16. The van der Waals surface area contributed by atoms with Gasteiger partial charge in [-0.1, -0.05) is 60.7 Å². The van der Waals surface area contributed by atoms with E-state index in [9.17, 15) is 9.59 Å². The Morgan fingerprint density at radius 3 is 2.12 bits per heavy atom. The molecule has 0 bridgehead atoms. The lowest BCUT2D eigenvalue weighted by molar-refractivity contribution is 0.102. The second-order valence-corrected chi connectivity index (χ2v) is 7.49. The van der Waals surface area contributed by atoms with Crippen molar-refractivity contribution in [2.75, 3.05) is 17.7 Å². The molecule has 1 amide bonds. The van der Waals surface area contributed by atoms with Gasteiger partial charge in [-0.25, -0.2) is 4.98 Å². The summed E-state index contributed by atoms with van der Waals surface area (Å²) in [5.74, 6) is 0.554. The van der Waals surface area contributed by atoms with Crippen molar-refractivity contribution >= 4 is 34.6 Å². The van der Waals surface area contributed by atoms with Gasteiger partial charge in [-0.3, -0.25) is 9.59 Å². The summed E-state index contributed by atoms with van der Waals surface area (Å²) < 4.78 is 0. The van der Waals surface area contributed by atoms with Crippen molar-refractivity contribution in [3.8, 4) is 11.4 Å². The third-order valence-corrected chi connectivity index (χ3v) is 5.16. The fraction of sp³-hybridized carbons (Fsp3) is 0.0357. The molecule has 0 fully saturated rings. The molecule has 34 heavy (non-hydrogen) atoms. The summed E-state index contributed by atoms with van der Waals surface area (Å²) in [7, 11) is 1.91. The minimum Gasteiger partial charge on any atom is -0.388 e. The fourth-order valence-electron chi connectivity index (χ4n) is 3.34. The molecule has 0 saturated carbocycles. The number of rotatable bonds is 5. The zero-order valence-electron chi connectivity index (χ0n) is 18.7. The van der Waals surface area contributed by atoms with Crippen LogP contribution < -0.4 is 10.6 Å². The van der Waals surface area contributed by atoms with Crippen LogP contribution in [-0.4, -0.2) is 29.2 Å². The first-order valence-corrected chi connectivity index (χ1v) is 10.8. The number of H-pyrrole nitrogens is 1. The van der Waals surface area contributed by atoms with Crippen molar-refractivity contribution in [1.29, 1.82) is 0 Å². The highest BCUT2D eigenvalue weighted by molar-refractivity contribution is 6.05. The maximum Gasteiger partial charge on any atom is 0.255 e. The van der Waals surface area contributed by atoms with E-state index in [-0.39, 0.29) is 5.91 Å². The molecule has 4 aromatic carbocycles. The topological polar surface area (TPSA) is 86.9 Å². The van der Waals surface area contributed by atoms with Crippen molar-refractivity contribution < 1.29 is 9.59 Å². The second kappa shape index (κ2) is 10.7. The molecule has 5 aromatic rings. The summed E-state index contributed by atoms with van der Waals surface area (Å²) in [5, 5.41) is 5.92. The quantitative estimate of drug-likeness (QED) is 0.287. The third kappa shape index (κ3) is 5.55. The van der Waals surface area contributed by atoms with E-state index in [0.29, 0.717) is 22.6 Å². The van der Waals surface area contributed by atoms with E-state index in [2.05, 4.69) is 20.6 Å². The summed E-state index contributed by atoms with van der Waals surface area (Å²) in [6.45, 7) is 0. The molecule has 0 unspecified atom stereocenters. The highest BCUT2D eigenvalue weighted by Gasteiger charge is 2.09. The maximum atomic E-state index is 12.3. The van der Waals surface area contributed by atoms with Gasteiger partial charge in [-0.05, 0) is 42.5 Å². The molecule has 6 heteroatoms. The molecule has 0 atom stereocenters. The van der Waals surface area contributed by atoms with Crippen LogP contribution in [0.5, 0.6) is 0 Å². The summed E-state index contributed by atoms with van der Waals surface area (Å²) in [6.07, 6.45) is 0.810. The molecule has 0 saturated heterocycles. The predicted octanol–water partition coefficient (Wildman–Crippen LogP) is 6.02. The van der Waals surface area contributed by atoms with Gasteiger partial charge in [0.25, 0.3) is 5.91 Å². The van der Waals surface area contributed by atoms with E-state index < -0.39 is 0 Å². The van der Waals surface area contributed by atoms with Gasteiger partial charge in [0, 0.05) is 35.1 Å². The van der Waals surface area contributed by atoms with Gasteiger partial charge in [0.15, 0.2) is 0 Å². The summed E-state index contributed by atoms with van der Waals surface area (Å²) in [5.41, 5.74) is 5.60. The number of nitrogens with zero attached hydrogens (tertiary/aromatic N) is 1. The number of hydrogen-bond acceptors (Lipinski definition) is 4. The molecule has 1 heterocycles. The number of hydrogen-bond donors (Lipinski definition) is 3. The number of aldehydes is 1. The van der Waals surface area contributed by atoms with Gasteiger partial charge in [0.2, 0.25) is 0 Å². The number of carbonyl (C=O) groups is 2. The number of imidazole rings is 1. The molecular weight excluding hydrogens is 424 g/mol. The lowest BCUT2D eigenvalue weighted by Gasteiger charge is -2.04. The first-order chi connectivity index (χ1) is 16.7. The Morgan fingerprint density at radius 2 is 1.50 bits per heavy atom. The Bertz CT molecular complexity index is 1380. The minimum atomic E-state index is -0.158. The number of fused-ring (bicyclic) bond motifs is 1. The van der Waals surface area contributed by atoms with E-state index in [1.165, 1.54) is 0 Å². The normalized spacial score (nSPS) is 10.1. The van der Waals surface area contributed by atoms with Gasteiger partial charge >= 0.3 is 0 Å². The van der Waals surface area contributed by atoms with Crippen LogP contribution in [0.3, 0.4) is 0 Å². The lowest BCUT2D eigenvalue weighted by atomic mass is 10.1. The summed E-state index contributed by atoms with van der Waals surface area (Å²) in [6, 6.07) is 31.9. The average molecular weight is 449 g/mol. The molecule has 5 rings (SSSR count). The number of para-hydroxylation sites is 1. The van der Waals surface area contributed by atoms with E-state index in [1.807, 2.05) is 85.9 Å². The van der Waals surface area contributed by atoms with Crippen molar-refractivity contribution in [3.05, 3.63) is 114 Å². The zero-order valence-corrected chi connectivity index (χ0v) is 18.7. The van der Waals surface area contributed by atoms with Crippen molar-refractivity contribution in [1.82, 2.24) is 9.97 Å². The first-order valence-electron chi connectivity index (χ1n) is 10.8. The number of benzene rings is 4. The molecule has 0 radical (unpaired) electrons. The summed E-state index contributed by atoms with van der Waals surface area (Å²) in [4.78, 5) is 30.8. The molecular formula is C28H24N4O2. The number of nitrogens with one attached hydrogen (secondary N) is 3. The van der Waals surface area contributed by atoms with Crippen LogP contribution in [0.1, 0.15) is 20.7 Å². The van der Waals surface area contributed by atoms with Crippen LogP contribution in [0.4, 0.5) is 11.4 Å². The smallest absolute Gasteiger partial charge is 0.255 e. The Morgan fingerprint density at radius 1 is 0.824 bits per heavy atom. The van der Waals surface area contributed by atoms with Crippen molar-refractivity contribution in [2.24, 2.45) is 0 Å². The predicted molar refractivity (Wildman–Crippen MR) is 137 cm³/mol. The number of aromatic amines is 1. The monoisotopic (exact) mass is 448 g/mol. The Kier molecular flexibility index (Phi) is 7.10. The molecule has 0 aliphatic heterocycles. The largest absolute Gasteiger partial charge is 0.388 e. The van der Waals surface area contributed by atoms with Gasteiger partial charge in [0.1, 0.15) is 12.1 Å². The van der Waals surface area contributed by atoms with Gasteiger partial charge in [0.05, 0.1) is 11.0 Å². The molecule has 0 aliphatic carbocycles. The molecule has 0 spiro atoms. The fourth-order valence-corrected chi connectivity index (χ4v) is 3.34. The second-order valence-electron chi connectivity index (χ2n) is 7.49. The molecule has 3 N–H and O–H groups in total. The van der Waals surface area contributed by atoms with Crippen LogP contribution in [0.15, 0.2) is 103 Å². The highest BCUT2D eigenvalue weighted by Crippen LogP contribution is 2.23. The SMILES string of the molecule is CNc1ccccc1.O=Cc1ccc(-c2nc3ccc(NC(=O)c4ccccc4)cc3[nH]2)cc1. The van der Waals surface area contributed by atoms with E-state index in [4.69, 9.17) is 0 Å². The molecule has 6 nitrogen and oxygen atoms in total. The Hall–Kier alpha value is -4.71. The standard InChI is InChI=1S/C21H15N3O2.C7H9N/c25-13-14-6-8-15(9-7-14)20-23-18-11-10-17(12-19(18)24-20)22-21(26)16-4-2-1-3-5-16;1-8-7-5-3-2-4-6-7/h1-13H,(H,22,26)(H,23,24);2-6,8H,1H3. The number of carbonyl (C=O) groups excluding carboxylic acids is 2. The maximum absolute atomic E-state index is 12.3. The van der Waals surface area contributed by atoms with Gasteiger partial charge in [-0.2, -0.15) is 0 Å². The Labute approximate surface area is 197 Å². The average Bonchev–Trinajstić information content (AvgIpc) is 3.33. The van der Waals surface area contributed by atoms with Crippen LogP contribution in [0.2, 0.25) is 0 Å². The zero-order chi connectivity index (χ0) is 23.8. The van der Waals surface area contributed by atoms with Gasteiger partial charge in [-0.15, -0.1) is 0 Å². The molecule has 168 valence electrons. The summed E-state index contributed by atoms with van der Waals surface area (Å²) >= 11 is 0. The number of amides is 1. The van der Waals surface area contributed by atoms with Crippen LogP contribution >= 0.6 is 0 Å². The molecule has 0 aliphatic rings. The van der Waals surface area contributed by atoms with E-state index >= 15 is 0 Å². The van der Waals surface area contributed by atoms with E-state index in [1.54, 1.807) is 24.3 Å². The van der Waals surface area contributed by atoms with Gasteiger partial charge < -0.3 is 15.6 Å². The number of anilines is 2. The lowest BCUT2D eigenvalue weighted by Crippen LogP contribution is -2.11. The van der Waals surface area contributed by atoms with E-state index in [0.717, 1.165) is 28.6 Å². The molecule has 1 aromatic heterocycles. The van der Waals surface area contributed by atoms with Crippen LogP contribution in [0, 0.1) is 0 Å². The van der Waals surface area contributed by atoms with Crippen LogP contribution in [0.25, 0.3) is 22.4 Å². The van der Waals surface area contributed by atoms with Crippen molar-refractivity contribution in [3.63, 3.8) is 0 Å². The van der Waals surface area contributed by atoms with Crippen LogP contribution in [-0.2, 0) is 0 Å². The highest BCUT2D eigenvalue weighted by atomic mass is 16.1. The first kappa shape index (κ1) is 22.5. The Balaban J connectivity index is 0.000000291. The minimum absolute atomic E-state index is 0.158.